The Hall–Kier alpha value is -3.17. The van der Waals surface area contributed by atoms with Crippen LogP contribution in [0.25, 0.3) is 5.69 Å². The molecule has 45 heavy (non-hydrogen) atoms. The highest BCUT2D eigenvalue weighted by molar-refractivity contribution is 6.01. The van der Waals surface area contributed by atoms with Crippen molar-refractivity contribution in [3.63, 3.8) is 0 Å². The molecule has 0 radical (unpaired) electrons. The number of hydrogen-bond acceptors (Lipinski definition) is 6. The molecule has 4 rings (SSSR count). The average Bonchev–Trinajstić information content (AvgIpc) is 3.12. The van der Waals surface area contributed by atoms with Crippen LogP contribution in [-0.2, 0) is 31.9 Å². The number of halogens is 1. The summed E-state index contributed by atoms with van der Waals surface area (Å²) in [6.07, 6.45) is 4.53. The van der Waals surface area contributed by atoms with Crippen LogP contribution in [0, 0.1) is 25.2 Å². The van der Waals surface area contributed by atoms with E-state index in [-0.39, 0.29) is 42.1 Å². The fraction of sp³-hybridized carbons (Fsp3) is 0.600. The van der Waals surface area contributed by atoms with Crippen LogP contribution in [0.15, 0.2) is 18.2 Å². The predicted octanol–water partition coefficient (Wildman–Crippen LogP) is 2.02. The third-order valence-corrected chi connectivity index (χ3v) is 9.07. The van der Waals surface area contributed by atoms with Crippen LogP contribution in [0.3, 0.4) is 0 Å². The Morgan fingerprint density at radius 1 is 1.07 bits per heavy atom. The first-order chi connectivity index (χ1) is 20.4. The lowest BCUT2D eigenvalue weighted by Gasteiger charge is -2.31. The highest BCUT2D eigenvalue weighted by atomic mass is 35.5. The molecule has 2 aliphatic rings. The lowest BCUT2D eigenvalue weighted by Crippen LogP contribution is -3.00. The zero-order chi connectivity index (χ0) is 32.6. The minimum absolute atomic E-state index is 0. The van der Waals surface area contributed by atoms with Crippen LogP contribution in [0.5, 0.6) is 0 Å². The third-order valence-electron chi connectivity index (χ3n) is 9.07. The topological polar surface area (TPSA) is 118 Å². The number of rotatable bonds is 10. The molecule has 0 saturated heterocycles. The van der Waals surface area contributed by atoms with Crippen LogP contribution >= 0.6 is 0 Å². The summed E-state index contributed by atoms with van der Waals surface area (Å²) in [5.41, 5.74) is 12.0. The first-order valence-electron chi connectivity index (χ1n) is 15.8. The van der Waals surface area contributed by atoms with Gasteiger partial charge in [-0.15, -0.1) is 0 Å². The molecule has 1 saturated carbocycles. The number of carbonyl (C=O) groups is 4. The van der Waals surface area contributed by atoms with E-state index in [1.807, 2.05) is 40.2 Å². The van der Waals surface area contributed by atoms with Gasteiger partial charge in [0.2, 0.25) is 5.91 Å². The number of benzene rings is 1. The van der Waals surface area contributed by atoms with Crippen LogP contribution in [0.4, 0.5) is 0 Å². The Morgan fingerprint density at radius 2 is 1.71 bits per heavy atom. The van der Waals surface area contributed by atoms with Crippen LogP contribution in [0.1, 0.15) is 103 Å². The Balaban J connectivity index is 0.00000552. The molecule has 248 valence electrons. The summed E-state index contributed by atoms with van der Waals surface area (Å²) in [5.74, 6) is -0.705. The zero-order valence-electron chi connectivity index (χ0n) is 28.1. The number of carbonyl (C=O) groups excluding carboxylic acids is 4. The monoisotopic (exact) mass is 643 g/mol. The van der Waals surface area contributed by atoms with Gasteiger partial charge in [-0.2, -0.15) is 0 Å². The summed E-state index contributed by atoms with van der Waals surface area (Å²) < 4.78 is 13.9. The maximum absolute atomic E-state index is 13.1. The number of Topliss-reactive ketones (excluding diaryl/α,β-unsaturated/α-hetero) is 1. The Bertz CT molecular complexity index is 1450. The molecule has 0 aliphatic heterocycles. The Labute approximate surface area is 273 Å². The van der Waals surface area contributed by atoms with Gasteiger partial charge in [0.25, 0.3) is 0 Å². The van der Waals surface area contributed by atoms with Gasteiger partial charge in [-0.3, -0.25) is 19.2 Å². The third kappa shape index (κ3) is 8.97. The second kappa shape index (κ2) is 14.1. The Morgan fingerprint density at radius 3 is 2.29 bits per heavy atom. The number of amides is 1. The van der Waals surface area contributed by atoms with Crippen molar-refractivity contribution in [2.75, 3.05) is 27.7 Å². The van der Waals surface area contributed by atoms with Crippen molar-refractivity contribution in [3.8, 4) is 5.69 Å². The van der Waals surface area contributed by atoms with Crippen molar-refractivity contribution in [2.24, 2.45) is 17.1 Å². The number of hydrogen-bond donors (Lipinski definition) is 1. The van der Waals surface area contributed by atoms with E-state index in [9.17, 15) is 19.2 Å². The van der Waals surface area contributed by atoms with Gasteiger partial charge in [-0.25, -0.2) is 0 Å². The number of quaternary nitrogens is 1. The lowest BCUT2D eigenvalue weighted by molar-refractivity contribution is -0.873. The molecule has 9 nitrogen and oxygen atoms in total. The molecule has 2 aliphatic carbocycles. The molecule has 2 aromatic rings. The molecule has 2 N–H and O–H groups in total. The Kier molecular flexibility index (Phi) is 11.4. The van der Waals surface area contributed by atoms with E-state index in [4.69, 9.17) is 15.2 Å². The van der Waals surface area contributed by atoms with Crippen LogP contribution < -0.4 is 18.1 Å². The van der Waals surface area contributed by atoms with E-state index < -0.39 is 18.0 Å². The second-order valence-electron chi connectivity index (χ2n) is 14.8. The molecule has 10 heteroatoms. The largest absolute Gasteiger partial charge is 1.00 e. The van der Waals surface area contributed by atoms with Crippen LogP contribution in [-0.4, -0.2) is 72.6 Å². The molecular weight excluding hydrogens is 594 g/mol. The van der Waals surface area contributed by atoms with Crippen molar-refractivity contribution >= 4 is 23.6 Å². The van der Waals surface area contributed by atoms with Gasteiger partial charge in [0.05, 0.1) is 27.6 Å². The lowest BCUT2D eigenvalue weighted by atomic mass is 9.75. The highest BCUT2D eigenvalue weighted by Crippen LogP contribution is 2.40. The fourth-order valence-corrected chi connectivity index (χ4v) is 7.11. The first kappa shape index (κ1) is 36.3. The van der Waals surface area contributed by atoms with E-state index in [0.29, 0.717) is 35.4 Å². The van der Waals surface area contributed by atoms with E-state index in [1.165, 1.54) is 6.92 Å². The number of aromatic nitrogens is 1. The molecule has 1 amide bonds. The molecule has 0 bridgehead atoms. The summed E-state index contributed by atoms with van der Waals surface area (Å²) in [7, 11) is 5.95. The molecule has 1 atom stereocenters. The number of esters is 2. The molecular formula is C35H50ClN3O6. The molecule has 0 spiro atoms. The van der Waals surface area contributed by atoms with Gasteiger partial charge >= 0.3 is 11.9 Å². The summed E-state index contributed by atoms with van der Waals surface area (Å²) in [5, 5.41) is 0. The highest BCUT2D eigenvalue weighted by Gasteiger charge is 2.36. The fourth-order valence-electron chi connectivity index (χ4n) is 7.11. The van der Waals surface area contributed by atoms with E-state index in [0.717, 1.165) is 65.9 Å². The number of nitrogens with two attached hydrogens (primary N) is 1. The molecule has 1 fully saturated rings. The minimum Gasteiger partial charge on any atom is -1.00 e. The minimum atomic E-state index is -0.529. The van der Waals surface area contributed by atoms with Gasteiger partial charge in [0.15, 0.2) is 11.9 Å². The van der Waals surface area contributed by atoms with Crippen molar-refractivity contribution in [1.29, 1.82) is 0 Å². The average molecular weight is 644 g/mol. The zero-order valence-corrected chi connectivity index (χ0v) is 28.9. The molecule has 1 aromatic carbocycles. The van der Waals surface area contributed by atoms with Crippen molar-refractivity contribution in [2.45, 2.75) is 98.2 Å². The maximum atomic E-state index is 13.1. The predicted molar refractivity (Wildman–Crippen MR) is 169 cm³/mol. The molecule has 1 aromatic heterocycles. The van der Waals surface area contributed by atoms with Crippen molar-refractivity contribution < 1.29 is 45.5 Å². The summed E-state index contributed by atoms with van der Waals surface area (Å²) in [6.45, 7) is 10.2. The number of primary amides is 1. The summed E-state index contributed by atoms with van der Waals surface area (Å²) >= 11 is 0. The van der Waals surface area contributed by atoms with Crippen molar-refractivity contribution in [1.82, 2.24) is 4.57 Å². The number of ketones is 1. The van der Waals surface area contributed by atoms with E-state index >= 15 is 0 Å². The normalized spacial score (nSPS) is 20.0. The molecule has 1 unspecified atom stereocenters. The number of likely N-dealkylation sites (N-methyl/N-ethyl adjacent to an activating group) is 1. The quantitative estimate of drug-likeness (QED) is 0.313. The number of nitrogens with zero attached hydrogens (tertiary/aromatic N) is 2. The standard InChI is InChI=1S/C35H49N3O6.ClH/c1-21-22(2)37(30-18-35(4,5)19-31(40)33(21)30)26-11-14-29(34(36)42)25(16-26)15-24-9-12-27(13-10-24)44-32(41)17-28(43-23(3)39)20-38(6,7)8;/h11,14,16,24,27-28H,9-10,12-13,15,17-20H2,1-8H3,(H-,36,42);1H. The first-order valence-corrected chi connectivity index (χ1v) is 15.8. The summed E-state index contributed by atoms with van der Waals surface area (Å²) in [4.78, 5) is 49.9. The van der Waals surface area contributed by atoms with Gasteiger partial charge < -0.3 is 36.7 Å². The van der Waals surface area contributed by atoms with E-state index in [1.54, 1.807) is 0 Å². The van der Waals surface area contributed by atoms with E-state index in [2.05, 4.69) is 31.4 Å². The van der Waals surface area contributed by atoms with Crippen molar-refractivity contribution in [3.05, 3.63) is 51.8 Å². The maximum Gasteiger partial charge on any atom is 0.310 e. The van der Waals surface area contributed by atoms with Gasteiger partial charge in [-0.1, -0.05) is 13.8 Å². The number of ether oxygens (including phenoxy) is 2. The number of fused-ring (bicyclic) bond motifs is 1. The van der Waals surface area contributed by atoms with Gasteiger partial charge in [0, 0.05) is 41.5 Å². The molecule has 1 heterocycles. The van der Waals surface area contributed by atoms with Gasteiger partial charge in [-0.05, 0) is 93.0 Å². The SMILES string of the molecule is CC(=O)OC(CC(=O)OC1CCC(Cc2cc(-n3c(C)c(C)c4c3CC(C)(C)CC4=O)ccc2C(N)=O)CC1)C[N+](C)(C)C.[Cl-]. The van der Waals surface area contributed by atoms with Crippen LogP contribution in [0.2, 0.25) is 0 Å². The smallest absolute Gasteiger partial charge is 0.310 e. The summed E-state index contributed by atoms with van der Waals surface area (Å²) in [6, 6.07) is 5.81. The second-order valence-corrected chi connectivity index (χ2v) is 14.8. The van der Waals surface area contributed by atoms with Gasteiger partial charge in [0.1, 0.15) is 12.6 Å².